The molecule has 5 rings (SSSR count). The zero-order chi connectivity index (χ0) is 26.9. The molecule has 0 saturated heterocycles. The third-order valence-corrected chi connectivity index (χ3v) is 5.93. The third kappa shape index (κ3) is 5.12. The average Bonchev–Trinajstić information content (AvgIpc) is 3.16. The van der Waals surface area contributed by atoms with E-state index in [0.29, 0.717) is 27.7 Å². The molecule has 0 bridgehead atoms. The number of carbonyl (C=O) groups is 3. The van der Waals surface area contributed by atoms with E-state index in [1.54, 1.807) is 63.4 Å². The SMILES string of the molecule is CC(C)(C)OC(=O)N[C@@H](C(=O)Nc1cc2c3c(c(-c4ccccc4)[nH]c3c1)C=NNC2=O)c1ccccc1. The van der Waals surface area contributed by atoms with Gasteiger partial charge in [0.25, 0.3) is 11.8 Å². The van der Waals surface area contributed by atoms with Crippen molar-refractivity contribution < 1.29 is 19.1 Å². The number of aromatic amines is 1. The van der Waals surface area contributed by atoms with E-state index in [4.69, 9.17) is 4.74 Å². The Balaban J connectivity index is 1.52. The number of nitrogens with zero attached hydrogens (tertiary/aromatic N) is 1. The molecule has 0 saturated carbocycles. The molecular weight excluding hydrogens is 482 g/mol. The Hall–Kier alpha value is -4.92. The highest BCUT2D eigenvalue weighted by Crippen LogP contribution is 2.34. The van der Waals surface area contributed by atoms with Crippen LogP contribution in [0, 0.1) is 0 Å². The molecule has 9 heteroatoms. The van der Waals surface area contributed by atoms with E-state index in [1.165, 1.54) is 0 Å². The van der Waals surface area contributed by atoms with Crippen LogP contribution in [0.25, 0.3) is 22.2 Å². The summed E-state index contributed by atoms with van der Waals surface area (Å²) in [6.07, 6.45) is 0.894. The predicted octanol–water partition coefficient (Wildman–Crippen LogP) is 5.12. The van der Waals surface area contributed by atoms with Gasteiger partial charge in [-0.2, -0.15) is 5.10 Å². The number of H-pyrrole nitrogens is 1. The number of anilines is 1. The van der Waals surface area contributed by atoms with E-state index in [2.05, 4.69) is 26.1 Å². The number of hydrazone groups is 1. The van der Waals surface area contributed by atoms with Crippen molar-refractivity contribution in [1.29, 1.82) is 0 Å². The number of nitrogens with one attached hydrogen (secondary N) is 4. The maximum absolute atomic E-state index is 13.5. The van der Waals surface area contributed by atoms with Crippen molar-refractivity contribution in [2.45, 2.75) is 32.4 Å². The molecule has 2 heterocycles. The van der Waals surface area contributed by atoms with Gasteiger partial charge in [0, 0.05) is 22.2 Å². The molecule has 3 amide bonds. The van der Waals surface area contributed by atoms with E-state index in [1.807, 2.05) is 36.4 Å². The first kappa shape index (κ1) is 24.8. The molecule has 0 fully saturated rings. The second-order valence-electron chi connectivity index (χ2n) is 9.90. The van der Waals surface area contributed by atoms with Crippen LogP contribution in [0.3, 0.4) is 0 Å². The van der Waals surface area contributed by atoms with Crippen molar-refractivity contribution in [3.05, 3.63) is 89.5 Å². The van der Waals surface area contributed by atoms with Gasteiger partial charge in [0.2, 0.25) is 0 Å². The molecular formula is C29H27N5O4. The Bertz CT molecular complexity index is 1550. The fourth-order valence-electron chi connectivity index (χ4n) is 4.37. The summed E-state index contributed by atoms with van der Waals surface area (Å²) in [5, 5.41) is 10.3. The first-order valence-corrected chi connectivity index (χ1v) is 12.1. The topological polar surface area (TPSA) is 125 Å². The standard InChI is InChI=1S/C29H27N5O4/c1-29(2,3)38-28(37)33-25(18-12-8-5-9-13-18)27(36)31-19-14-20-23-21(16-30-34-26(20)35)24(32-22(23)15-19)17-10-6-4-7-11-17/h4-16,25,32H,1-3H3,(H,31,36)(H,33,37)(H,34,35)/t25-/m1/s1. The summed E-state index contributed by atoms with van der Waals surface area (Å²) in [6, 6.07) is 20.9. The van der Waals surface area contributed by atoms with Gasteiger partial charge in [-0.05, 0) is 44.0 Å². The molecule has 9 nitrogen and oxygen atoms in total. The van der Waals surface area contributed by atoms with E-state index >= 15 is 0 Å². The number of alkyl carbamates (subject to hydrolysis) is 1. The number of hydrogen-bond donors (Lipinski definition) is 4. The summed E-state index contributed by atoms with van der Waals surface area (Å²) in [7, 11) is 0. The molecule has 4 N–H and O–H groups in total. The molecule has 192 valence electrons. The van der Waals surface area contributed by atoms with Gasteiger partial charge in [-0.25, -0.2) is 10.2 Å². The van der Waals surface area contributed by atoms with Crippen LogP contribution in [-0.2, 0) is 9.53 Å². The third-order valence-electron chi connectivity index (χ3n) is 5.93. The van der Waals surface area contributed by atoms with Crippen molar-refractivity contribution in [1.82, 2.24) is 15.7 Å². The average molecular weight is 510 g/mol. The normalized spacial score (nSPS) is 13.4. The van der Waals surface area contributed by atoms with Gasteiger partial charge < -0.3 is 20.4 Å². The number of ether oxygens (including phenoxy) is 1. The van der Waals surface area contributed by atoms with E-state index < -0.39 is 29.6 Å². The van der Waals surface area contributed by atoms with Gasteiger partial charge in [-0.15, -0.1) is 0 Å². The molecule has 1 aliphatic heterocycles. The van der Waals surface area contributed by atoms with Gasteiger partial charge >= 0.3 is 6.09 Å². The minimum absolute atomic E-state index is 0.361. The van der Waals surface area contributed by atoms with Crippen LogP contribution < -0.4 is 16.1 Å². The number of hydrogen-bond acceptors (Lipinski definition) is 5. The highest BCUT2D eigenvalue weighted by atomic mass is 16.6. The van der Waals surface area contributed by atoms with Gasteiger partial charge in [0.1, 0.15) is 11.6 Å². The molecule has 0 spiro atoms. The number of benzene rings is 3. The number of rotatable bonds is 5. The highest BCUT2D eigenvalue weighted by Gasteiger charge is 2.27. The first-order valence-electron chi connectivity index (χ1n) is 12.1. The maximum atomic E-state index is 13.5. The largest absolute Gasteiger partial charge is 0.444 e. The summed E-state index contributed by atoms with van der Waals surface area (Å²) < 4.78 is 5.38. The second kappa shape index (κ2) is 9.85. The molecule has 3 aromatic carbocycles. The number of carbonyl (C=O) groups excluding carboxylic acids is 3. The zero-order valence-corrected chi connectivity index (χ0v) is 21.2. The van der Waals surface area contributed by atoms with Crippen molar-refractivity contribution in [2.75, 3.05) is 5.32 Å². The van der Waals surface area contributed by atoms with Gasteiger partial charge in [-0.3, -0.25) is 9.59 Å². The molecule has 1 atom stereocenters. The molecule has 0 unspecified atom stereocenters. The summed E-state index contributed by atoms with van der Waals surface area (Å²) in [5.74, 6) is -0.889. The van der Waals surface area contributed by atoms with Crippen molar-refractivity contribution in [3.63, 3.8) is 0 Å². The van der Waals surface area contributed by atoms with Crippen LogP contribution in [0.2, 0.25) is 0 Å². The summed E-state index contributed by atoms with van der Waals surface area (Å²) in [5.41, 5.74) is 6.28. The summed E-state index contributed by atoms with van der Waals surface area (Å²) in [6.45, 7) is 5.24. The predicted molar refractivity (Wildman–Crippen MR) is 146 cm³/mol. The van der Waals surface area contributed by atoms with E-state index in [0.717, 1.165) is 16.8 Å². The Labute approximate surface area is 219 Å². The summed E-state index contributed by atoms with van der Waals surface area (Å²) in [4.78, 5) is 42.3. The Morgan fingerprint density at radius 2 is 1.66 bits per heavy atom. The second-order valence-corrected chi connectivity index (χ2v) is 9.90. The van der Waals surface area contributed by atoms with Crippen molar-refractivity contribution in [2.24, 2.45) is 5.10 Å². The van der Waals surface area contributed by atoms with E-state index in [9.17, 15) is 14.4 Å². The van der Waals surface area contributed by atoms with Crippen LogP contribution in [0.5, 0.6) is 0 Å². The lowest BCUT2D eigenvalue weighted by molar-refractivity contribution is -0.118. The van der Waals surface area contributed by atoms with Crippen LogP contribution in [0.4, 0.5) is 10.5 Å². The van der Waals surface area contributed by atoms with Crippen LogP contribution in [0.15, 0.2) is 77.9 Å². The van der Waals surface area contributed by atoms with Crippen LogP contribution in [-0.4, -0.2) is 34.7 Å². The fraction of sp³-hybridized carbons (Fsp3) is 0.172. The molecule has 0 radical (unpaired) electrons. The molecule has 1 aliphatic rings. The Morgan fingerprint density at radius 3 is 2.34 bits per heavy atom. The first-order chi connectivity index (χ1) is 18.2. The minimum atomic E-state index is -1.03. The van der Waals surface area contributed by atoms with Crippen molar-refractivity contribution in [3.8, 4) is 11.3 Å². The monoisotopic (exact) mass is 509 g/mol. The van der Waals surface area contributed by atoms with Gasteiger partial charge in [-0.1, -0.05) is 60.7 Å². The molecule has 38 heavy (non-hydrogen) atoms. The van der Waals surface area contributed by atoms with Crippen LogP contribution in [0.1, 0.15) is 48.3 Å². The molecule has 1 aromatic heterocycles. The molecule has 0 aliphatic carbocycles. The fourth-order valence-corrected chi connectivity index (χ4v) is 4.37. The lowest BCUT2D eigenvalue weighted by atomic mass is 10.0. The van der Waals surface area contributed by atoms with Crippen LogP contribution >= 0.6 is 0 Å². The summed E-state index contributed by atoms with van der Waals surface area (Å²) >= 11 is 0. The van der Waals surface area contributed by atoms with E-state index in [-0.39, 0.29) is 0 Å². The number of aromatic nitrogens is 1. The van der Waals surface area contributed by atoms with Crippen molar-refractivity contribution >= 4 is 40.7 Å². The van der Waals surface area contributed by atoms with Gasteiger partial charge in [0.15, 0.2) is 0 Å². The van der Waals surface area contributed by atoms with Gasteiger partial charge in [0.05, 0.1) is 17.5 Å². The number of amides is 3. The lowest BCUT2D eigenvalue weighted by Crippen LogP contribution is -2.40. The lowest BCUT2D eigenvalue weighted by Gasteiger charge is -2.23. The Morgan fingerprint density at radius 1 is 0.974 bits per heavy atom. The quantitative estimate of drug-likeness (QED) is 0.298. The minimum Gasteiger partial charge on any atom is -0.444 e. The highest BCUT2D eigenvalue weighted by molar-refractivity contribution is 6.18. The smallest absolute Gasteiger partial charge is 0.408 e. The molecule has 4 aromatic rings. The Kier molecular flexibility index (Phi) is 6.42. The zero-order valence-electron chi connectivity index (χ0n) is 21.2. The maximum Gasteiger partial charge on any atom is 0.408 e.